The minimum atomic E-state index is -0.544. The van der Waals surface area contributed by atoms with Gasteiger partial charge >= 0.3 is 0 Å². The molecule has 0 aliphatic carbocycles. The minimum Gasteiger partial charge on any atom is -0.266 e. The molecule has 4 aromatic rings. The van der Waals surface area contributed by atoms with Gasteiger partial charge in [0.1, 0.15) is 15.6 Å². The fourth-order valence-corrected chi connectivity index (χ4v) is 3.58. The quantitative estimate of drug-likeness (QED) is 0.525. The van der Waals surface area contributed by atoms with Gasteiger partial charge in [-0.1, -0.05) is 42.5 Å². The Morgan fingerprint density at radius 1 is 0.857 bits per heavy atom. The van der Waals surface area contributed by atoms with E-state index in [1.54, 1.807) is 13.0 Å². The van der Waals surface area contributed by atoms with Gasteiger partial charge in [0.2, 0.25) is 0 Å². The topological polar surface area (TPSA) is 96.9 Å². The van der Waals surface area contributed by atoms with Crippen LogP contribution in [0.3, 0.4) is 0 Å². The summed E-state index contributed by atoms with van der Waals surface area (Å²) in [5.41, 5.74) is 7.74. The van der Waals surface area contributed by atoms with Gasteiger partial charge < -0.3 is 0 Å². The van der Waals surface area contributed by atoms with Crippen molar-refractivity contribution in [2.45, 2.75) is 6.92 Å². The monoisotopic (exact) mass is 389 g/mol. The average molecular weight is 389 g/mol. The fraction of sp³-hybridized carbons (Fsp3) is 0.0500. The average Bonchev–Trinajstić information content (AvgIpc) is 3.14. The van der Waals surface area contributed by atoms with Gasteiger partial charge in [0.05, 0.1) is 22.9 Å². The summed E-state index contributed by atoms with van der Waals surface area (Å²) in [4.78, 5) is 38.1. The Labute approximate surface area is 164 Å². The maximum Gasteiger partial charge on any atom is 0.289 e. The third kappa shape index (κ3) is 3.58. The van der Waals surface area contributed by atoms with E-state index in [1.165, 1.54) is 17.5 Å². The summed E-state index contributed by atoms with van der Waals surface area (Å²) in [7, 11) is 0. The minimum absolute atomic E-state index is 0.116. The lowest BCUT2D eigenvalue weighted by molar-refractivity contribution is 0.0845. The summed E-state index contributed by atoms with van der Waals surface area (Å²) >= 11 is 1.27. The lowest BCUT2D eigenvalue weighted by Crippen LogP contribution is -2.41. The number of aromatic nitrogens is 3. The van der Waals surface area contributed by atoms with Crippen LogP contribution in [0, 0.1) is 6.92 Å². The molecule has 2 aromatic heterocycles. The standard InChI is InChI=1S/C20H15N5O2S/c1-12-17(28-20(22-12)13-7-3-2-4-8-13)19(27)25-24-18(26)16-11-21-14-9-5-6-10-15(14)23-16/h2-11H,1H3,(H,24,26)(H,25,27). The van der Waals surface area contributed by atoms with E-state index < -0.39 is 11.8 Å². The Morgan fingerprint density at radius 2 is 1.54 bits per heavy atom. The van der Waals surface area contributed by atoms with Crippen LogP contribution in [0.25, 0.3) is 21.6 Å². The van der Waals surface area contributed by atoms with Gasteiger partial charge in [0.25, 0.3) is 11.8 Å². The Bertz CT molecular complexity index is 1170. The van der Waals surface area contributed by atoms with Crippen LogP contribution in [0.1, 0.15) is 25.9 Å². The van der Waals surface area contributed by atoms with Crippen LogP contribution in [0.5, 0.6) is 0 Å². The van der Waals surface area contributed by atoms with E-state index in [9.17, 15) is 9.59 Å². The van der Waals surface area contributed by atoms with Crippen LogP contribution in [0.2, 0.25) is 0 Å². The highest BCUT2D eigenvalue weighted by molar-refractivity contribution is 7.17. The number of nitrogens with zero attached hydrogens (tertiary/aromatic N) is 3. The molecule has 4 rings (SSSR count). The van der Waals surface area contributed by atoms with Gasteiger partial charge in [-0.2, -0.15) is 0 Å². The van der Waals surface area contributed by atoms with Crippen molar-refractivity contribution in [1.29, 1.82) is 0 Å². The highest BCUT2D eigenvalue weighted by Gasteiger charge is 2.17. The predicted octanol–water partition coefficient (Wildman–Crippen LogP) is 3.14. The molecule has 2 N–H and O–H groups in total. The molecule has 28 heavy (non-hydrogen) atoms. The molecule has 2 amide bonds. The predicted molar refractivity (Wildman–Crippen MR) is 107 cm³/mol. The number of carbonyl (C=O) groups is 2. The third-order valence-electron chi connectivity index (χ3n) is 3.99. The van der Waals surface area contributed by atoms with Gasteiger partial charge in [-0.15, -0.1) is 11.3 Å². The van der Waals surface area contributed by atoms with Crippen LogP contribution < -0.4 is 10.9 Å². The van der Waals surface area contributed by atoms with Crippen molar-refractivity contribution in [1.82, 2.24) is 25.8 Å². The largest absolute Gasteiger partial charge is 0.289 e. The maximum absolute atomic E-state index is 12.5. The molecular formula is C20H15N5O2S. The zero-order chi connectivity index (χ0) is 19.5. The first-order valence-corrected chi connectivity index (χ1v) is 9.29. The number of rotatable bonds is 3. The molecule has 7 nitrogen and oxygen atoms in total. The molecule has 0 radical (unpaired) electrons. The number of amides is 2. The summed E-state index contributed by atoms with van der Waals surface area (Å²) in [5, 5.41) is 0.745. The Balaban J connectivity index is 1.46. The molecule has 0 bridgehead atoms. The number of hydrazine groups is 1. The number of carbonyl (C=O) groups excluding carboxylic acids is 2. The van der Waals surface area contributed by atoms with Gasteiger partial charge in [-0.3, -0.25) is 25.4 Å². The molecule has 8 heteroatoms. The van der Waals surface area contributed by atoms with E-state index in [0.29, 0.717) is 21.6 Å². The molecule has 2 aromatic carbocycles. The van der Waals surface area contributed by atoms with Crippen molar-refractivity contribution in [3.05, 3.63) is 77.1 Å². The van der Waals surface area contributed by atoms with Crippen LogP contribution >= 0.6 is 11.3 Å². The number of hydrogen-bond acceptors (Lipinski definition) is 6. The smallest absolute Gasteiger partial charge is 0.266 e. The number of hydrogen-bond donors (Lipinski definition) is 2. The van der Waals surface area contributed by atoms with E-state index >= 15 is 0 Å². The molecule has 2 heterocycles. The Morgan fingerprint density at radius 3 is 2.32 bits per heavy atom. The number of benzene rings is 2. The molecule has 0 saturated heterocycles. The van der Waals surface area contributed by atoms with E-state index in [4.69, 9.17) is 0 Å². The van der Waals surface area contributed by atoms with E-state index in [-0.39, 0.29) is 5.69 Å². The zero-order valence-corrected chi connectivity index (χ0v) is 15.7. The molecule has 0 saturated carbocycles. The molecule has 0 spiro atoms. The summed E-state index contributed by atoms with van der Waals surface area (Å²) < 4.78 is 0. The van der Waals surface area contributed by atoms with Crippen molar-refractivity contribution in [2.24, 2.45) is 0 Å². The second-order valence-electron chi connectivity index (χ2n) is 5.95. The van der Waals surface area contributed by atoms with Crippen molar-refractivity contribution >= 4 is 34.2 Å². The van der Waals surface area contributed by atoms with E-state index in [0.717, 1.165) is 10.6 Å². The number of thiazole rings is 1. The summed E-state index contributed by atoms with van der Waals surface area (Å²) in [6.45, 7) is 1.76. The van der Waals surface area contributed by atoms with Crippen molar-refractivity contribution in [2.75, 3.05) is 0 Å². The zero-order valence-electron chi connectivity index (χ0n) is 14.8. The lowest BCUT2D eigenvalue weighted by Gasteiger charge is -2.06. The van der Waals surface area contributed by atoms with Crippen molar-refractivity contribution < 1.29 is 9.59 Å². The van der Waals surface area contributed by atoms with Crippen LogP contribution in [-0.2, 0) is 0 Å². The van der Waals surface area contributed by atoms with E-state index in [1.807, 2.05) is 48.5 Å². The highest BCUT2D eigenvalue weighted by atomic mass is 32.1. The van der Waals surface area contributed by atoms with E-state index in [2.05, 4.69) is 25.8 Å². The Hall–Kier alpha value is -3.65. The molecular weight excluding hydrogens is 374 g/mol. The van der Waals surface area contributed by atoms with Crippen molar-refractivity contribution in [3.8, 4) is 10.6 Å². The summed E-state index contributed by atoms with van der Waals surface area (Å²) in [5.74, 6) is -0.976. The van der Waals surface area contributed by atoms with Crippen LogP contribution in [-0.4, -0.2) is 26.8 Å². The van der Waals surface area contributed by atoms with Crippen LogP contribution in [0.15, 0.2) is 60.8 Å². The summed E-state index contributed by atoms with van der Waals surface area (Å²) in [6.07, 6.45) is 1.37. The second kappa shape index (κ2) is 7.53. The first-order chi connectivity index (χ1) is 13.6. The molecule has 138 valence electrons. The van der Waals surface area contributed by atoms with Gasteiger partial charge in [-0.05, 0) is 19.1 Å². The third-order valence-corrected chi connectivity index (χ3v) is 5.20. The SMILES string of the molecule is Cc1nc(-c2ccccc2)sc1C(=O)NNC(=O)c1cnc2ccccc2n1. The maximum atomic E-state index is 12.5. The van der Waals surface area contributed by atoms with Gasteiger partial charge in [0.15, 0.2) is 0 Å². The molecule has 0 unspecified atom stereocenters. The summed E-state index contributed by atoms with van der Waals surface area (Å²) in [6, 6.07) is 16.8. The van der Waals surface area contributed by atoms with Gasteiger partial charge in [-0.25, -0.2) is 9.97 Å². The fourth-order valence-electron chi connectivity index (χ4n) is 2.61. The number of fused-ring (bicyclic) bond motifs is 1. The molecule has 0 aliphatic rings. The molecule has 0 atom stereocenters. The molecule has 0 aliphatic heterocycles. The highest BCUT2D eigenvalue weighted by Crippen LogP contribution is 2.27. The lowest BCUT2D eigenvalue weighted by atomic mass is 10.2. The van der Waals surface area contributed by atoms with Gasteiger partial charge in [0, 0.05) is 5.56 Å². The number of nitrogens with one attached hydrogen (secondary N) is 2. The second-order valence-corrected chi connectivity index (χ2v) is 6.95. The van der Waals surface area contributed by atoms with Crippen LogP contribution in [0.4, 0.5) is 0 Å². The number of para-hydroxylation sites is 2. The first-order valence-electron chi connectivity index (χ1n) is 8.47. The van der Waals surface area contributed by atoms with Crippen molar-refractivity contribution in [3.63, 3.8) is 0 Å². The number of aryl methyl sites for hydroxylation is 1. The normalized spacial score (nSPS) is 10.6. The first kappa shape index (κ1) is 17.7. The Kier molecular flexibility index (Phi) is 4.77. The molecule has 0 fully saturated rings.